The van der Waals surface area contributed by atoms with Gasteiger partial charge in [-0.05, 0) is 26.5 Å². The zero-order chi connectivity index (χ0) is 18.9. The van der Waals surface area contributed by atoms with Crippen molar-refractivity contribution in [3.8, 4) is 0 Å². The third kappa shape index (κ3) is 6.02. The van der Waals surface area contributed by atoms with E-state index in [9.17, 15) is 4.79 Å². The molecule has 1 heterocycles. The number of hydrogen-bond donors (Lipinski definition) is 1. The van der Waals surface area contributed by atoms with Crippen molar-refractivity contribution >= 4 is 11.9 Å². The predicted octanol–water partition coefficient (Wildman–Crippen LogP) is 1.64. The van der Waals surface area contributed by atoms with Crippen LogP contribution in [0.5, 0.6) is 0 Å². The lowest BCUT2D eigenvalue weighted by Crippen LogP contribution is -2.53. The number of carbonyl (C=O) groups is 1. The summed E-state index contributed by atoms with van der Waals surface area (Å²) >= 11 is 0. The maximum atomic E-state index is 11.5. The fourth-order valence-electron chi connectivity index (χ4n) is 3.04. The molecule has 1 aromatic rings. The molecule has 1 atom stereocenters. The molecule has 1 saturated heterocycles. The van der Waals surface area contributed by atoms with Crippen molar-refractivity contribution in [2.45, 2.75) is 33.4 Å². The fourth-order valence-corrected chi connectivity index (χ4v) is 3.04. The van der Waals surface area contributed by atoms with Crippen molar-refractivity contribution in [2.24, 2.45) is 4.99 Å². The molecule has 26 heavy (non-hydrogen) atoms. The Balaban J connectivity index is 1.90. The second-order valence-electron chi connectivity index (χ2n) is 6.94. The van der Waals surface area contributed by atoms with Gasteiger partial charge in [0.15, 0.2) is 5.96 Å². The zero-order valence-electron chi connectivity index (χ0n) is 16.6. The topological polar surface area (TPSA) is 51.2 Å². The molecule has 1 aromatic carbocycles. The monoisotopic (exact) mass is 359 g/mol. The Kier molecular flexibility index (Phi) is 7.91. The lowest BCUT2D eigenvalue weighted by molar-refractivity contribution is -0.130. The van der Waals surface area contributed by atoms with E-state index in [-0.39, 0.29) is 5.91 Å². The number of piperazine rings is 1. The molecule has 0 aliphatic carbocycles. The number of aliphatic imine (C=N–C) groups is 1. The van der Waals surface area contributed by atoms with Gasteiger partial charge >= 0.3 is 0 Å². The van der Waals surface area contributed by atoms with E-state index in [4.69, 9.17) is 4.99 Å². The number of benzene rings is 1. The molecule has 0 saturated carbocycles. The summed E-state index contributed by atoms with van der Waals surface area (Å²) in [6.07, 6.45) is 0. The van der Waals surface area contributed by atoms with Crippen molar-refractivity contribution in [1.82, 2.24) is 20.0 Å². The van der Waals surface area contributed by atoms with Gasteiger partial charge in [0.2, 0.25) is 5.91 Å². The number of likely N-dealkylation sites (N-methyl/N-ethyl adjacent to an activating group) is 1. The van der Waals surface area contributed by atoms with Crippen LogP contribution < -0.4 is 5.32 Å². The van der Waals surface area contributed by atoms with Gasteiger partial charge in [-0.25, -0.2) is 0 Å². The van der Waals surface area contributed by atoms with Gasteiger partial charge in [0.25, 0.3) is 0 Å². The summed E-state index contributed by atoms with van der Waals surface area (Å²) in [5.41, 5.74) is 1.32. The smallest absolute Gasteiger partial charge is 0.219 e. The number of hydrogen-bond acceptors (Lipinski definition) is 3. The molecule has 1 unspecified atom stereocenters. The van der Waals surface area contributed by atoms with E-state index in [0.717, 1.165) is 51.8 Å². The quantitative estimate of drug-likeness (QED) is 0.620. The van der Waals surface area contributed by atoms with Gasteiger partial charge in [-0.2, -0.15) is 0 Å². The first-order chi connectivity index (χ1) is 12.5. The SMILES string of the molecule is CCNC(=NCC(C)N(C)Cc1ccccc1)N1CCN(C(C)=O)CC1. The largest absolute Gasteiger partial charge is 0.357 e. The summed E-state index contributed by atoms with van der Waals surface area (Å²) in [4.78, 5) is 22.8. The second kappa shape index (κ2) is 10.2. The summed E-state index contributed by atoms with van der Waals surface area (Å²) in [6.45, 7) is 11.7. The van der Waals surface area contributed by atoms with Gasteiger partial charge < -0.3 is 15.1 Å². The van der Waals surface area contributed by atoms with Crippen molar-refractivity contribution in [2.75, 3.05) is 46.3 Å². The van der Waals surface area contributed by atoms with Crippen LogP contribution in [0.15, 0.2) is 35.3 Å². The van der Waals surface area contributed by atoms with E-state index in [1.165, 1.54) is 5.56 Å². The Hall–Kier alpha value is -2.08. The van der Waals surface area contributed by atoms with E-state index < -0.39 is 0 Å². The molecule has 0 radical (unpaired) electrons. The van der Waals surface area contributed by atoms with Crippen LogP contribution >= 0.6 is 0 Å². The molecule has 1 N–H and O–H groups in total. The highest BCUT2D eigenvalue weighted by molar-refractivity contribution is 5.80. The van der Waals surface area contributed by atoms with Crippen LogP contribution in [0.1, 0.15) is 26.3 Å². The Labute approximate surface area is 157 Å². The van der Waals surface area contributed by atoms with Crippen molar-refractivity contribution in [3.63, 3.8) is 0 Å². The molecule has 6 nitrogen and oxygen atoms in total. The van der Waals surface area contributed by atoms with Crippen LogP contribution in [-0.2, 0) is 11.3 Å². The van der Waals surface area contributed by atoms with E-state index in [1.54, 1.807) is 6.92 Å². The predicted molar refractivity (Wildman–Crippen MR) is 107 cm³/mol. The molecule has 0 spiro atoms. The first-order valence-electron chi connectivity index (χ1n) is 9.54. The molecule has 6 heteroatoms. The lowest BCUT2D eigenvalue weighted by atomic mass is 10.2. The molecule has 1 aliphatic heterocycles. The van der Waals surface area contributed by atoms with Gasteiger partial charge in [-0.15, -0.1) is 0 Å². The molecule has 144 valence electrons. The van der Waals surface area contributed by atoms with Crippen LogP contribution in [0, 0.1) is 0 Å². The molecule has 0 bridgehead atoms. The highest BCUT2D eigenvalue weighted by Gasteiger charge is 2.21. The summed E-state index contributed by atoms with van der Waals surface area (Å²) in [5, 5.41) is 3.39. The minimum Gasteiger partial charge on any atom is -0.357 e. The second-order valence-corrected chi connectivity index (χ2v) is 6.94. The Morgan fingerprint density at radius 3 is 2.38 bits per heavy atom. The van der Waals surface area contributed by atoms with Crippen LogP contribution in [0.2, 0.25) is 0 Å². The Bertz CT molecular complexity index is 581. The summed E-state index contributed by atoms with van der Waals surface area (Å²) in [7, 11) is 2.14. The van der Waals surface area contributed by atoms with Crippen molar-refractivity contribution in [3.05, 3.63) is 35.9 Å². The molecule has 0 aromatic heterocycles. The average molecular weight is 360 g/mol. The molecule has 2 rings (SSSR count). The first kappa shape index (κ1) is 20.2. The summed E-state index contributed by atoms with van der Waals surface area (Å²) in [6, 6.07) is 10.9. The van der Waals surface area contributed by atoms with E-state index >= 15 is 0 Å². The minimum atomic E-state index is 0.155. The summed E-state index contributed by atoms with van der Waals surface area (Å²) in [5.74, 6) is 1.11. The molecule has 1 amide bonds. The molecular weight excluding hydrogens is 326 g/mol. The highest BCUT2D eigenvalue weighted by Crippen LogP contribution is 2.07. The number of guanidine groups is 1. The highest BCUT2D eigenvalue weighted by atomic mass is 16.2. The number of nitrogens with one attached hydrogen (secondary N) is 1. The first-order valence-corrected chi connectivity index (χ1v) is 9.54. The molecule has 1 aliphatic rings. The minimum absolute atomic E-state index is 0.155. The van der Waals surface area contributed by atoms with E-state index in [2.05, 4.69) is 60.3 Å². The zero-order valence-corrected chi connectivity index (χ0v) is 16.6. The maximum absolute atomic E-state index is 11.5. The Morgan fingerprint density at radius 2 is 1.81 bits per heavy atom. The molecule has 1 fully saturated rings. The third-order valence-corrected chi connectivity index (χ3v) is 4.89. The summed E-state index contributed by atoms with van der Waals surface area (Å²) < 4.78 is 0. The van der Waals surface area contributed by atoms with E-state index in [1.807, 2.05) is 11.0 Å². The Morgan fingerprint density at radius 1 is 1.19 bits per heavy atom. The van der Waals surface area contributed by atoms with Gasteiger partial charge in [-0.1, -0.05) is 30.3 Å². The lowest BCUT2D eigenvalue weighted by Gasteiger charge is -2.36. The van der Waals surface area contributed by atoms with Gasteiger partial charge in [0.1, 0.15) is 0 Å². The third-order valence-electron chi connectivity index (χ3n) is 4.89. The number of amides is 1. The maximum Gasteiger partial charge on any atom is 0.219 e. The van der Waals surface area contributed by atoms with Crippen LogP contribution in [0.3, 0.4) is 0 Å². The molecular formula is C20H33N5O. The van der Waals surface area contributed by atoms with Crippen LogP contribution in [-0.4, -0.2) is 78.9 Å². The van der Waals surface area contributed by atoms with Crippen molar-refractivity contribution < 1.29 is 4.79 Å². The number of rotatable bonds is 6. The number of carbonyl (C=O) groups excluding carboxylic acids is 1. The van der Waals surface area contributed by atoms with Gasteiger partial charge in [0.05, 0.1) is 6.54 Å². The van der Waals surface area contributed by atoms with Crippen LogP contribution in [0.4, 0.5) is 0 Å². The van der Waals surface area contributed by atoms with Gasteiger partial charge in [0, 0.05) is 52.2 Å². The standard InChI is InChI=1S/C20H33N5O/c1-5-21-20(25-13-11-24(12-14-25)18(3)26)22-15-17(2)23(4)16-19-9-7-6-8-10-19/h6-10,17H,5,11-16H2,1-4H3,(H,21,22). The average Bonchev–Trinajstić information content (AvgIpc) is 2.65. The van der Waals surface area contributed by atoms with E-state index in [0.29, 0.717) is 6.04 Å². The fraction of sp³-hybridized carbons (Fsp3) is 0.600. The normalized spacial score (nSPS) is 16.7. The van der Waals surface area contributed by atoms with Gasteiger partial charge in [-0.3, -0.25) is 14.7 Å². The van der Waals surface area contributed by atoms with Crippen molar-refractivity contribution in [1.29, 1.82) is 0 Å². The number of nitrogens with zero attached hydrogens (tertiary/aromatic N) is 4. The van der Waals surface area contributed by atoms with Crippen LogP contribution in [0.25, 0.3) is 0 Å².